The molecule has 1 aromatic rings. The third kappa shape index (κ3) is 4.47. The van der Waals surface area contributed by atoms with Gasteiger partial charge in [-0.25, -0.2) is 0 Å². The first-order valence-electron chi connectivity index (χ1n) is 8.21. The van der Waals surface area contributed by atoms with E-state index in [0.717, 1.165) is 37.9 Å². The topological polar surface area (TPSA) is 64.3 Å². The molecular weight excluding hydrogens is 276 g/mol. The second-order valence-electron chi connectivity index (χ2n) is 6.67. The summed E-state index contributed by atoms with van der Waals surface area (Å²) in [4.78, 5) is 12.2. The lowest BCUT2D eigenvalue weighted by Gasteiger charge is -2.21. The summed E-state index contributed by atoms with van der Waals surface area (Å²) in [5.41, 5.74) is 8.62. The summed E-state index contributed by atoms with van der Waals surface area (Å²) in [5, 5.41) is 3.14. The van der Waals surface area contributed by atoms with Crippen LogP contribution in [0.1, 0.15) is 44.2 Å². The van der Waals surface area contributed by atoms with Crippen LogP contribution in [0.4, 0.5) is 0 Å². The summed E-state index contributed by atoms with van der Waals surface area (Å²) >= 11 is 0. The van der Waals surface area contributed by atoms with E-state index in [1.807, 2.05) is 6.07 Å². The molecule has 0 unspecified atom stereocenters. The zero-order chi connectivity index (χ0) is 16.1. The van der Waals surface area contributed by atoms with E-state index in [0.29, 0.717) is 5.92 Å². The van der Waals surface area contributed by atoms with Gasteiger partial charge in [-0.3, -0.25) is 4.79 Å². The molecular formula is C18H28N2O2. The Labute approximate surface area is 133 Å². The number of methoxy groups -OCH3 is 1. The number of nitrogens with one attached hydrogen (secondary N) is 1. The molecule has 1 aromatic carbocycles. The Hall–Kier alpha value is -1.55. The van der Waals surface area contributed by atoms with Gasteiger partial charge in [-0.1, -0.05) is 19.9 Å². The maximum absolute atomic E-state index is 12.2. The normalized spacial score (nSPS) is 19.2. The maximum Gasteiger partial charge on any atom is 0.237 e. The zero-order valence-electron chi connectivity index (χ0n) is 13.9. The number of amides is 1. The molecule has 4 heteroatoms. The Bertz CT molecular complexity index is 514. The number of fused-ring (bicyclic) bond motifs is 1. The molecule has 0 aliphatic heterocycles. The predicted octanol–water partition coefficient (Wildman–Crippen LogP) is 2.43. The quantitative estimate of drug-likeness (QED) is 0.821. The fourth-order valence-corrected chi connectivity index (χ4v) is 3.12. The molecule has 4 nitrogen and oxygen atoms in total. The second kappa shape index (κ2) is 7.63. The highest BCUT2D eigenvalue weighted by molar-refractivity contribution is 5.81. The average Bonchev–Trinajstić information content (AvgIpc) is 2.67. The van der Waals surface area contributed by atoms with Gasteiger partial charge >= 0.3 is 0 Å². The van der Waals surface area contributed by atoms with Crippen molar-refractivity contribution in [2.75, 3.05) is 7.11 Å². The molecule has 0 heterocycles. The van der Waals surface area contributed by atoms with Gasteiger partial charge in [0, 0.05) is 6.04 Å². The molecule has 0 bridgehead atoms. The van der Waals surface area contributed by atoms with Crippen LogP contribution in [0.5, 0.6) is 5.75 Å². The second-order valence-corrected chi connectivity index (χ2v) is 6.67. The van der Waals surface area contributed by atoms with Crippen molar-refractivity contribution in [3.8, 4) is 5.75 Å². The number of nitrogens with two attached hydrogens (primary N) is 1. The molecule has 1 amide bonds. The van der Waals surface area contributed by atoms with Crippen molar-refractivity contribution in [2.45, 2.75) is 58.0 Å². The first kappa shape index (κ1) is 16.8. The van der Waals surface area contributed by atoms with Gasteiger partial charge in [0.05, 0.1) is 13.2 Å². The lowest BCUT2D eigenvalue weighted by Crippen LogP contribution is -2.46. The van der Waals surface area contributed by atoms with E-state index >= 15 is 0 Å². The fraction of sp³-hybridized carbons (Fsp3) is 0.611. The molecule has 2 atom stereocenters. The lowest BCUT2D eigenvalue weighted by molar-refractivity contribution is -0.123. The summed E-state index contributed by atoms with van der Waals surface area (Å²) in [6, 6.07) is 6.00. The smallest absolute Gasteiger partial charge is 0.237 e. The molecule has 0 saturated carbocycles. The third-order valence-corrected chi connectivity index (χ3v) is 4.29. The van der Waals surface area contributed by atoms with Crippen LogP contribution in [0.15, 0.2) is 18.2 Å². The third-order valence-electron chi connectivity index (χ3n) is 4.29. The number of hydrogen-bond acceptors (Lipinski definition) is 3. The monoisotopic (exact) mass is 304 g/mol. The largest absolute Gasteiger partial charge is 0.497 e. The molecule has 0 fully saturated rings. The van der Waals surface area contributed by atoms with Crippen molar-refractivity contribution in [2.24, 2.45) is 11.7 Å². The van der Waals surface area contributed by atoms with Crippen LogP contribution >= 0.6 is 0 Å². The van der Waals surface area contributed by atoms with Gasteiger partial charge in [0.1, 0.15) is 5.75 Å². The highest BCUT2D eigenvalue weighted by atomic mass is 16.5. The van der Waals surface area contributed by atoms with Gasteiger partial charge in [-0.15, -0.1) is 0 Å². The molecule has 1 aliphatic carbocycles. The molecule has 2 rings (SSSR count). The first-order valence-corrected chi connectivity index (χ1v) is 8.21. The van der Waals surface area contributed by atoms with E-state index in [9.17, 15) is 4.79 Å². The van der Waals surface area contributed by atoms with Crippen LogP contribution in [0.2, 0.25) is 0 Å². The Morgan fingerprint density at radius 3 is 2.86 bits per heavy atom. The number of aryl methyl sites for hydroxylation is 1. The Morgan fingerprint density at radius 2 is 2.18 bits per heavy atom. The van der Waals surface area contributed by atoms with Gasteiger partial charge in [-0.2, -0.15) is 0 Å². The number of ether oxygens (including phenoxy) is 1. The van der Waals surface area contributed by atoms with Crippen molar-refractivity contribution in [3.05, 3.63) is 29.3 Å². The Morgan fingerprint density at radius 1 is 1.41 bits per heavy atom. The fourth-order valence-electron chi connectivity index (χ4n) is 3.12. The van der Waals surface area contributed by atoms with E-state index in [4.69, 9.17) is 10.5 Å². The van der Waals surface area contributed by atoms with Crippen molar-refractivity contribution in [3.63, 3.8) is 0 Å². The van der Waals surface area contributed by atoms with Crippen molar-refractivity contribution in [1.29, 1.82) is 0 Å². The summed E-state index contributed by atoms with van der Waals surface area (Å²) in [6.45, 7) is 4.17. The van der Waals surface area contributed by atoms with Gasteiger partial charge < -0.3 is 15.8 Å². The van der Waals surface area contributed by atoms with Crippen LogP contribution in [0, 0.1) is 5.92 Å². The van der Waals surface area contributed by atoms with Gasteiger partial charge in [0.2, 0.25) is 5.91 Å². The molecule has 3 N–H and O–H groups in total. The highest BCUT2D eigenvalue weighted by Gasteiger charge is 2.22. The number of carbonyl (C=O) groups is 1. The van der Waals surface area contributed by atoms with Crippen molar-refractivity contribution in [1.82, 2.24) is 5.32 Å². The predicted molar refractivity (Wildman–Crippen MR) is 89.0 cm³/mol. The van der Waals surface area contributed by atoms with E-state index in [-0.39, 0.29) is 11.9 Å². The summed E-state index contributed by atoms with van der Waals surface area (Å²) in [6.07, 6.45) is 4.72. The molecule has 0 saturated heterocycles. The molecule has 0 radical (unpaired) electrons. The molecule has 1 aliphatic rings. The van der Waals surface area contributed by atoms with Crippen molar-refractivity contribution >= 4 is 5.91 Å². The number of hydrogen-bond donors (Lipinski definition) is 2. The minimum absolute atomic E-state index is 0.0231. The Balaban J connectivity index is 2.02. The van der Waals surface area contributed by atoms with E-state index in [2.05, 4.69) is 31.3 Å². The minimum Gasteiger partial charge on any atom is -0.497 e. The highest BCUT2D eigenvalue weighted by Crippen LogP contribution is 2.25. The van der Waals surface area contributed by atoms with Crippen LogP contribution in [-0.2, 0) is 17.6 Å². The minimum atomic E-state index is -0.409. The Kier molecular flexibility index (Phi) is 5.83. The van der Waals surface area contributed by atoms with Crippen LogP contribution < -0.4 is 15.8 Å². The van der Waals surface area contributed by atoms with Crippen LogP contribution in [0.3, 0.4) is 0 Å². The summed E-state index contributed by atoms with van der Waals surface area (Å²) in [7, 11) is 1.68. The number of rotatable bonds is 5. The van der Waals surface area contributed by atoms with Crippen LogP contribution in [0.25, 0.3) is 0 Å². The molecule has 22 heavy (non-hydrogen) atoms. The van der Waals surface area contributed by atoms with E-state index in [1.165, 1.54) is 11.1 Å². The average molecular weight is 304 g/mol. The summed E-state index contributed by atoms with van der Waals surface area (Å²) < 4.78 is 5.31. The zero-order valence-corrected chi connectivity index (χ0v) is 13.9. The first-order chi connectivity index (χ1) is 10.5. The summed E-state index contributed by atoms with van der Waals surface area (Å²) in [5.74, 6) is 1.28. The lowest BCUT2D eigenvalue weighted by atomic mass is 10.0. The van der Waals surface area contributed by atoms with Crippen LogP contribution in [-0.4, -0.2) is 25.1 Å². The van der Waals surface area contributed by atoms with Gasteiger partial charge in [0.15, 0.2) is 0 Å². The number of carbonyl (C=O) groups excluding carboxylic acids is 1. The SMILES string of the molecule is COc1ccc2c(c1)C[C@H](NC(=O)[C@H](N)CC(C)C)CCC2. The van der Waals surface area contributed by atoms with Gasteiger partial charge in [-0.05, 0) is 61.3 Å². The molecule has 0 aromatic heterocycles. The number of benzene rings is 1. The van der Waals surface area contributed by atoms with E-state index < -0.39 is 6.04 Å². The van der Waals surface area contributed by atoms with Gasteiger partial charge in [0.25, 0.3) is 0 Å². The standard InChI is InChI=1S/C18H28N2O2/c1-12(2)9-17(19)18(21)20-15-6-4-5-13-7-8-16(22-3)11-14(13)10-15/h7-8,11-12,15,17H,4-6,9-10,19H2,1-3H3,(H,20,21)/t15-,17-/m1/s1. The molecule has 122 valence electrons. The van der Waals surface area contributed by atoms with Crippen molar-refractivity contribution < 1.29 is 9.53 Å². The molecule has 0 spiro atoms. The van der Waals surface area contributed by atoms with E-state index in [1.54, 1.807) is 7.11 Å². The maximum atomic E-state index is 12.2.